The molecule has 0 aromatic heterocycles. The average molecular weight is 308 g/mol. The Morgan fingerprint density at radius 3 is 2.65 bits per heavy atom. The maximum Gasteiger partial charge on any atom is 0.234 e. The number of hydrogen-bond donors (Lipinski definition) is 1. The van der Waals surface area contributed by atoms with E-state index in [9.17, 15) is 4.79 Å². The zero-order valence-corrected chi connectivity index (χ0v) is 13.2. The minimum absolute atomic E-state index is 0.106. The van der Waals surface area contributed by atoms with Crippen LogP contribution in [0.5, 0.6) is 5.75 Å². The second-order valence-corrected chi connectivity index (χ2v) is 5.32. The first-order valence-electron chi connectivity index (χ1n) is 7.59. The number of para-hydroxylation sites is 1. The zero-order valence-electron chi connectivity index (χ0n) is 13.2. The molecule has 2 rings (SSSR count). The number of amides is 1. The highest BCUT2D eigenvalue weighted by Gasteiger charge is 2.05. The highest BCUT2D eigenvalue weighted by molar-refractivity contribution is 5.77. The van der Waals surface area contributed by atoms with Gasteiger partial charge in [-0.2, -0.15) is 5.26 Å². The molecular weight excluding hydrogens is 288 g/mol. The summed E-state index contributed by atoms with van der Waals surface area (Å²) >= 11 is 0. The van der Waals surface area contributed by atoms with Crippen molar-refractivity contribution in [3.8, 4) is 11.8 Å². The molecule has 2 aromatic carbocycles. The average Bonchev–Trinajstić information content (AvgIpc) is 2.56. The maximum absolute atomic E-state index is 11.3. The van der Waals surface area contributed by atoms with Crippen LogP contribution in [0.25, 0.3) is 0 Å². The smallest absolute Gasteiger partial charge is 0.234 e. The van der Waals surface area contributed by atoms with Gasteiger partial charge in [-0.15, -0.1) is 0 Å². The van der Waals surface area contributed by atoms with E-state index in [2.05, 4.69) is 36.5 Å². The van der Waals surface area contributed by atoms with E-state index in [4.69, 9.17) is 10.00 Å². The summed E-state index contributed by atoms with van der Waals surface area (Å²) in [6.07, 6.45) is 0.562. The monoisotopic (exact) mass is 308 g/mol. The van der Waals surface area contributed by atoms with Crippen molar-refractivity contribution in [1.82, 2.24) is 5.32 Å². The van der Waals surface area contributed by atoms with Crippen LogP contribution >= 0.6 is 0 Å². The topological polar surface area (TPSA) is 62.1 Å². The summed E-state index contributed by atoms with van der Waals surface area (Å²) in [5, 5.41) is 11.2. The van der Waals surface area contributed by atoms with Crippen molar-refractivity contribution in [2.24, 2.45) is 0 Å². The van der Waals surface area contributed by atoms with E-state index >= 15 is 0 Å². The fourth-order valence-electron chi connectivity index (χ4n) is 2.17. The maximum atomic E-state index is 11.3. The Labute approximate surface area is 136 Å². The van der Waals surface area contributed by atoms with Crippen LogP contribution in [0.2, 0.25) is 0 Å². The Hall–Kier alpha value is -2.80. The molecule has 0 aliphatic carbocycles. The lowest BCUT2D eigenvalue weighted by molar-refractivity contribution is -0.120. The van der Waals surface area contributed by atoms with Gasteiger partial charge < -0.3 is 10.1 Å². The van der Waals surface area contributed by atoms with Crippen LogP contribution in [-0.4, -0.2) is 12.5 Å². The van der Waals surface area contributed by atoms with Crippen LogP contribution in [-0.2, 0) is 17.8 Å². The van der Waals surface area contributed by atoms with Gasteiger partial charge in [0.2, 0.25) is 5.91 Å². The summed E-state index contributed by atoms with van der Waals surface area (Å²) in [7, 11) is 0. The van der Waals surface area contributed by atoms with Gasteiger partial charge in [0.25, 0.3) is 0 Å². The van der Waals surface area contributed by atoms with E-state index < -0.39 is 0 Å². The Morgan fingerprint density at radius 2 is 1.91 bits per heavy atom. The third-order valence-corrected chi connectivity index (χ3v) is 3.44. The first-order chi connectivity index (χ1) is 11.2. The number of hydrogen-bond acceptors (Lipinski definition) is 3. The Balaban J connectivity index is 1.90. The molecule has 0 heterocycles. The summed E-state index contributed by atoms with van der Waals surface area (Å²) in [4.78, 5) is 11.3. The van der Waals surface area contributed by atoms with Gasteiger partial charge in [-0.25, -0.2) is 0 Å². The molecule has 4 heteroatoms. The van der Waals surface area contributed by atoms with Gasteiger partial charge in [0, 0.05) is 6.54 Å². The lowest BCUT2D eigenvalue weighted by atomic mass is 10.1. The van der Waals surface area contributed by atoms with Gasteiger partial charge in [-0.1, -0.05) is 48.0 Å². The minimum Gasteiger partial charge on any atom is -0.489 e. The SMILES string of the molecule is Cc1ccc(COc2ccccc2CCNC(=O)CC#N)cc1. The van der Waals surface area contributed by atoms with Crippen molar-refractivity contribution < 1.29 is 9.53 Å². The number of benzene rings is 2. The molecule has 0 spiro atoms. The fourth-order valence-corrected chi connectivity index (χ4v) is 2.17. The van der Waals surface area contributed by atoms with Crippen molar-refractivity contribution in [3.05, 3.63) is 65.2 Å². The molecular formula is C19H20N2O2. The fraction of sp³-hybridized carbons (Fsp3) is 0.263. The number of aryl methyl sites for hydroxylation is 1. The number of nitriles is 1. The quantitative estimate of drug-likeness (QED) is 0.854. The van der Waals surface area contributed by atoms with Crippen molar-refractivity contribution >= 4 is 5.91 Å². The van der Waals surface area contributed by atoms with Crippen LogP contribution in [0.1, 0.15) is 23.1 Å². The molecule has 0 atom stereocenters. The molecule has 0 bridgehead atoms. The van der Waals surface area contributed by atoms with Gasteiger partial charge in [0.05, 0.1) is 6.07 Å². The van der Waals surface area contributed by atoms with Crippen LogP contribution in [0, 0.1) is 18.3 Å². The molecule has 0 unspecified atom stereocenters. The second kappa shape index (κ2) is 8.60. The number of rotatable bonds is 7. The molecule has 0 saturated carbocycles. The van der Waals surface area contributed by atoms with Gasteiger partial charge in [-0.3, -0.25) is 4.79 Å². The van der Waals surface area contributed by atoms with E-state index in [1.165, 1.54) is 5.56 Å². The molecule has 1 N–H and O–H groups in total. The van der Waals surface area contributed by atoms with Crippen molar-refractivity contribution in [3.63, 3.8) is 0 Å². The van der Waals surface area contributed by atoms with Gasteiger partial charge in [0.15, 0.2) is 0 Å². The number of carbonyl (C=O) groups excluding carboxylic acids is 1. The van der Waals surface area contributed by atoms with E-state index in [1.807, 2.05) is 30.3 Å². The summed E-state index contributed by atoms with van der Waals surface area (Å²) < 4.78 is 5.90. The van der Waals surface area contributed by atoms with Gasteiger partial charge in [0.1, 0.15) is 18.8 Å². The lowest BCUT2D eigenvalue weighted by Gasteiger charge is -2.12. The predicted molar refractivity (Wildman–Crippen MR) is 88.9 cm³/mol. The first-order valence-corrected chi connectivity index (χ1v) is 7.59. The Morgan fingerprint density at radius 1 is 1.17 bits per heavy atom. The van der Waals surface area contributed by atoms with Crippen molar-refractivity contribution in [1.29, 1.82) is 5.26 Å². The highest BCUT2D eigenvalue weighted by Crippen LogP contribution is 2.19. The van der Waals surface area contributed by atoms with Crippen LogP contribution in [0.3, 0.4) is 0 Å². The summed E-state index contributed by atoms with van der Waals surface area (Å²) in [5.41, 5.74) is 3.38. The number of carbonyl (C=O) groups is 1. The van der Waals surface area contributed by atoms with Crippen molar-refractivity contribution in [2.45, 2.75) is 26.4 Å². The van der Waals surface area contributed by atoms with Gasteiger partial charge in [-0.05, 0) is 30.5 Å². The minimum atomic E-state index is -0.245. The van der Waals surface area contributed by atoms with E-state index in [1.54, 1.807) is 0 Å². The number of ether oxygens (including phenoxy) is 1. The Bertz CT molecular complexity index is 687. The Kier molecular flexibility index (Phi) is 6.19. The molecule has 0 radical (unpaired) electrons. The van der Waals surface area contributed by atoms with E-state index in [0.717, 1.165) is 16.9 Å². The molecule has 1 amide bonds. The standard InChI is InChI=1S/C19H20N2O2/c1-15-6-8-16(9-7-15)14-23-18-5-3-2-4-17(18)11-13-21-19(22)10-12-20/h2-9H,10-11,13-14H2,1H3,(H,21,22). The van der Waals surface area contributed by atoms with Gasteiger partial charge >= 0.3 is 0 Å². The van der Waals surface area contributed by atoms with Crippen molar-refractivity contribution in [2.75, 3.05) is 6.54 Å². The highest BCUT2D eigenvalue weighted by atomic mass is 16.5. The predicted octanol–water partition coefficient (Wildman–Crippen LogP) is 3.15. The number of nitrogens with one attached hydrogen (secondary N) is 1. The van der Waals surface area contributed by atoms with Crippen LogP contribution < -0.4 is 10.1 Å². The van der Waals surface area contributed by atoms with Crippen LogP contribution in [0.4, 0.5) is 0 Å². The summed E-state index contributed by atoms with van der Waals surface area (Å²) in [6, 6.07) is 17.9. The molecule has 0 aliphatic heterocycles. The van der Waals surface area contributed by atoms with E-state index in [0.29, 0.717) is 19.6 Å². The third-order valence-electron chi connectivity index (χ3n) is 3.44. The summed E-state index contributed by atoms with van der Waals surface area (Å²) in [5.74, 6) is 0.577. The largest absolute Gasteiger partial charge is 0.489 e. The second-order valence-electron chi connectivity index (χ2n) is 5.32. The zero-order chi connectivity index (χ0) is 16.5. The molecule has 0 saturated heterocycles. The number of nitrogens with zero attached hydrogens (tertiary/aromatic N) is 1. The normalized spacial score (nSPS) is 9.91. The molecule has 118 valence electrons. The molecule has 0 fully saturated rings. The third kappa shape index (κ3) is 5.48. The molecule has 4 nitrogen and oxygen atoms in total. The molecule has 2 aromatic rings. The molecule has 0 aliphatic rings. The van der Waals surface area contributed by atoms with E-state index in [-0.39, 0.29) is 12.3 Å². The first kappa shape index (κ1) is 16.6. The molecule has 23 heavy (non-hydrogen) atoms. The lowest BCUT2D eigenvalue weighted by Crippen LogP contribution is -2.25. The van der Waals surface area contributed by atoms with Crippen LogP contribution in [0.15, 0.2) is 48.5 Å². The summed E-state index contributed by atoms with van der Waals surface area (Å²) in [6.45, 7) is 3.06.